The molecule has 0 heterocycles. The average Bonchev–Trinajstić information content (AvgIpc) is 2.74. The summed E-state index contributed by atoms with van der Waals surface area (Å²) in [4.78, 5) is 0. The fourth-order valence-electron chi connectivity index (χ4n) is 3.89. The van der Waals surface area contributed by atoms with Gasteiger partial charge in [-0.2, -0.15) is 0 Å². The lowest BCUT2D eigenvalue weighted by Crippen LogP contribution is -2.19. The molecule has 2 nitrogen and oxygen atoms in total. The molecule has 0 unspecified atom stereocenters. The van der Waals surface area contributed by atoms with E-state index < -0.39 is 5.41 Å². The number of aromatic hydroxyl groups is 2. The van der Waals surface area contributed by atoms with E-state index in [9.17, 15) is 10.2 Å². The van der Waals surface area contributed by atoms with Crippen molar-refractivity contribution in [1.82, 2.24) is 0 Å². The molecule has 0 radical (unpaired) electrons. The lowest BCUT2D eigenvalue weighted by Gasteiger charge is -2.28. The first-order chi connectivity index (χ1) is 14.0. The van der Waals surface area contributed by atoms with Crippen LogP contribution in [0, 0.1) is 0 Å². The first kappa shape index (κ1) is 18.8. The van der Waals surface area contributed by atoms with Crippen LogP contribution in [0.2, 0.25) is 0 Å². The van der Waals surface area contributed by atoms with Crippen molar-refractivity contribution >= 4 is 0 Å². The Morgan fingerprint density at radius 3 is 1.21 bits per heavy atom. The van der Waals surface area contributed by atoms with Gasteiger partial charge in [-0.05, 0) is 34.4 Å². The molecule has 4 aromatic rings. The Morgan fingerprint density at radius 1 is 0.483 bits per heavy atom. The normalized spacial score (nSPS) is 11.4. The van der Waals surface area contributed by atoms with E-state index in [1.54, 1.807) is 12.1 Å². The Bertz CT molecular complexity index is 1040. The number of hydrogen-bond donors (Lipinski definition) is 2. The molecule has 29 heavy (non-hydrogen) atoms. The highest BCUT2D eigenvalue weighted by Crippen LogP contribution is 2.42. The highest BCUT2D eigenvalue weighted by Gasteiger charge is 2.29. The molecule has 4 rings (SSSR count). The monoisotopic (exact) mass is 380 g/mol. The molecule has 0 bridgehead atoms. The van der Waals surface area contributed by atoms with Gasteiger partial charge < -0.3 is 10.2 Å². The highest BCUT2D eigenvalue weighted by atomic mass is 16.3. The van der Waals surface area contributed by atoms with Gasteiger partial charge in [0.15, 0.2) is 0 Å². The summed E-state index contributed by atoms with van der Waals surface area (Å²) < 4.78 is 0. The third-order valence-electron chi connectivity index (χ3n) is 5.56. The number of benzene rings is 4. The topological polar surface area (TPSA) is 40.5 Å². The van der Waals surface area contributed by atoms with Gasteiger partial charge in [-0.1, -0.05) is 98.8 Å². The standard InChI is InChI=1S/C27H24O2/c1-27(2,23-15-13-21(17-25(23)28)19-9-5-3-6-10-19)24-16-14-22(18-26(24)29)20-11-7-4-8-12-20/h3-18,28-29H,1-2H3. The molecule has 0 atom stereocenters. The average molecular weight is 380 g/mol. The molecule has 0 saturated heterocycles. The van der Waals surface area contributed by atoms with E-state index in [1.807, 2.05) is 98.8 Å². The molecule has 0 aliphatic carbocycles. The van der Waals surface area contributed by atoms with Gasteiger partial charge in [-0.15, -0.1) is 0 Å². The van der Waals surface area contributed by atoms with Crippen LogP contribution in [0.25, 0.3) is 22.3 Å². The zero-order valence-electron chi connectivity index (χ0n) is 16.6. The second kappa shape index (κ2) is 7.48. The number of hydrogen-bond acceptors (Lipinski definition) is 2. The smallest absolute Gasteiger partial charge is 0.120 e. The minimum absolute atomic E-state index is 0.225. The Morgan fingerprint density at radius 2 is 0.862 bits per heavy atom. The third kappa shape index (κ3) is 3.62. The van der Waals surface area contributed by atoms with Crippen LogP contribution >= 0.6 is 0 Å². The summed E-state index contributed by atoms with van der Waals surface area (Å²) in [6, 6.07) is 31.5. The van der Waals surface area contributed by atoms with E-state index in [-0.39, 0.29) is 11.5 Å². The molecule has 0 fully saturated rings. The van der Waals surface area contributed by atoms with Crippen molar-refractivity contribution in [3.63, 3.8) is 0 Å². The summed E-state index contributed by atoms with van der Waals surface area (Å²) in [6.45, 7) is 4.03. The molecule has 0 aromatic heterocycles. The summed E-state index contributed by atoms with van der Waals surface area (Å²) in [6.07, 6.45) is 0. The molecular formula is C27H24O2. The Labute approximate surface area is 171 Å². The lowest BCUT2D eigenvalue weighted by atomic mass is 9.76. The molecule has 0 aliphatic heterocycles. The van der Waals surface area contributed by atoms with Crippen molar-refractivity contribution in [2.75, 3.05) is 0 Å². The van der Waals surface area contributed by atoms with Crippen LogP contribution in [0.15, 0.2) is 97.1 Å². The van der Waals surface area contributed by atoms with Crippen molar-refractivity contribution in [3.05, 3.63) is 108 Å². The van der Waals surface area contributed by atoms with Gasteiger partial charge in [0.25, 0.3) is 0 Å². The van der Waals surface area contributed by atoms with Crippen LogP contribution < -0.4 is 0 Å². The molecule has 0 aliphatic rings. The fraction of sp³-hybridized carbons (Fsp3) is 0.111. The van der Waals surface area contributed by atoms with Crippen LogP contribution in [0.5, 0.6) is 11.5 Å². The maximum absolute atomic E-state index is 10.8. The van der Waals surface area contributed by atoms with Crippen molar-refractivity contribution in [3.8, 4) is 33.8 Å². The minimum atomic E-state index is -0.557. The summed E-state index contributed by atoms with van der Waals surface area (Å²) in [7, 11) is 0. The van der Waals surface area contributed by atoms with Crippen molar-refractivity contribution in [2.45, 2.75) is 19.3 Å². The Kier molecular flexibility index (Phi) is 4.85. The number of rotatable bonds is 4. The van der Waals surface area contributed by atoms with Crippen LogP contribution in [0.4, 0.5) is 0 Å². The quantitative estimate of drug-likeness (QED) is 0.411. The fourth-order valence-corrected chi connectivity index (χ4v) is 3.89. The molecular weight excluding hydrogens is 356 g/mol. The predicted molar refractivity (Wildman–Crippen MR) is 119 cm³/mol. The van der Waals surface area contributed by atoms with E-state index in [0.29, 0.717) is 0 Å². The zero-order valence-corrected chi connectivity index (χ0v) is 16.6. The van der Waals surface area contributed by atoms with E-state index in [2.05, 4.69) is 0 Å². The molecule has 4 aromatic carbocycles. The largest absolute Gasteiger partial charge is 0.508 e. The highest BCUT2D eigenvalue weighted by molar-refractivity contribution is 5.69. The first-order valence-corrected chi connectivity index (χ1v) is 9.74. The molecule has 0 saturated carbocycles. The number of phenols is 2. The molecule has 2 N–H and O–H groups in total. The van der Waals surface area contributed by atoms with Crippen LogP contribution in [-0.4, -0.2) is 10.2 Å². The molecule has 0 spiro atoms. The Hall–Kier alpha value is -3.52. The van der Waals surface area contributed by atoms with E-state index in [0.717, 1.165) is 33.4 Å². The van der Waals surface area contributed by atoms with E-state index in [4.69, 9.17) is 0 Å². The van der Waals surface area contributed by atoms with Crippen molar-refractivity contribution in [1.29, 1.82) is 0 Å². The lowest BCUT2D eigenvalue weighted by molar-refractivity contribution is 0.436. The van der Waals surface area contributed by atoms with Crippen LogP contribution in [0.1, 0.15) is 25.0 Å². The van der Waals surface area contributed by atoms with Gasteiger partial charge in [0.2, 0.25) is 0 Å². The van der Waals surface area contributed by atoms with E-state index >= 15 is 0 Å². The summed E-state index contributed by atoms with van der Waals surface area (Å²) >= 11 is 0. The maximum Gasteiger partial charge on any atom is 0.120 e. The van der Waals surface area contributed by atoms with Crippen LogP contribution in [0.3, 0.4) is 0 Å². The SMILES string of the molecule is CC(C)(c1ccc(-c2ccccc2)cc1O)c1ccc(-c2ccccc2)cc1O. The number of phenolic OH excluding ortho intramolecular Hbond substituents is 2. The Balaban J connectivity index is 1.71. The van der Waals surface area contributed by atoms with Crippen LogP contribution in [-0.2, 0) is 5.41 Å². The van der Waals surface area contributed by atoms with Crippen molar-refractivity contribution in [2.24, 2.45) is 0 Å². The second-order valence-corrected chi connectivity index (χ2v) is 7.82. The summed E-state index contributed by atoms with van der Waals surface area (Å²) in [5, 5.41) is 21.6. The van der Waals surface area contributed by atoms with E-state index in [1.165, 1.54) is 0 Å². The van der Waals surface area contributed by atoms with Gasteiger partial charge in [-0.25, -0.2) is 0 Å². The van der Waals surface area contributed by atoms with Gasteiger partial charge in [0, 0.05) is 16.5 Å². The third-order valence-corrected chi connectivity index (χ3v) is 5.56. The molecule has 2 heteroatoms. The van der Waals surface area contributed by atoms with Gasteiger partial charge in [0.1, 0.15) is 11.5 Å². The first-order valence-electron chi connectivity index (χ1n) is 9.74. The zero-order chi connectivity index (χ0) is 20.4. The van der Waals surface area contributed by atoms with Gasteiger partial charge in [0.05, 0.1) is 0 Å². The predicted octanol–water partition coefficient (Wildman–Crippen LogP) is 6.76. The summed E-state index contributed by atoms with van der Waals surface area (Å²) in [5.41, 5.74) is 5.04. The maximum atomic E-state index is 10.8. The molecule has 144 valence electrons. The minimum Gasteiger partial charge on any atom is -0.508 e. The van der Waals surface area contributed by atoms with Gasteiger partial charge in [-0.3, -0.25) is 0 Å². The second-order valence-electron chi connectivity index (χ2n) is 7.82. The van der Waals surface area contributed by atoms with Gasteiger partial charge >= 0.3 is 0 Å². The van der Waals surface area contributed by atoms with Crippen molar-refractivity contribution < 1.29 is 10.2 Å². The molecule has 0 amide bonds. The summed E-state index contributed by atoms with van der Waals surface area (Å²) in [5.74, 6) is 0.450.